The van der Waals surface area contributed by atoms with Crippen molar-refractivity contribution < 1.29 is 9.72 Å². The molecule has 150 valence electrons. The first kappa shape index (κ1) is 21.6. The Hall–Kier alpha value is -1.70. The van der Waals surface area contributed by atoms with E-state index in [9.17, 15) is 14.9 Å². The molecule has 2 aliphatic heterocycles. The second-order valence-corrected chi connectivity index (χ2v) is 7.38. The lowest BCUT2D eigenvalue weighted by atomic mass is 9.97. The number of rotatable bonds is 7. The molecule has 3 rings (SSSR count). The largest absolute Gasteiger partial charge is 0.354 e. The van der Waals surface area contributed by atoms with Gasteiger partial charge < -0.3 is 15.5 Å². The highest BCUT2D eigenvalue weighted by Crippen LogP contribution is 2.17. The van der Waals surface area contributed by atoms with Crippen LogP contribution in [-0.4, -0.2) is 54.5 Å². The Kier molecular flexibility index (Phi) is 8.47. The maximum Gasteiger partial charge on any atom is 0.269 e. The molecule has 1 aromatic rings. The topological polar surface area (TPSA) is 87.5 Å². The van der Waals surface area contributed by atoms with Gasteiger partial charge in [-0.1, -0.05) is 12.1 Å². The molecule has 2 heterocycles. The molecule has 27 heavy (non-hydrogen) atoms. The molecule has 2 atom stereocenters. The number of nitrogens with one attached hydrogen (secondary N) is 2. The van der Waals surface area contributed by atoms with Gasteiger partial charge in [-0.15, -0.1) is 12.4 Å². The molecule has 2 fully saturated rings. The molecule has 2 aliphatic rings. The molecule has 1 aromatic carbocycles. The number of nitro groups is 1. The van der Waals surface area contributed by atoms with Crippen molar-refractivity contribution in [3.05, 3.63) is 39.9 Å². The first-order valence-corrected chi connectivity index (χ1v) is 9.58. The maximum atomic E-state index is 12.1. The highest BCUT2D eigenvalue weighted by molar-refractivity contribution is 5.85. The summed E-state index contributed by atoms with van der Waals surface area (Å²) in [5.74, 6) is 0.650. The number of hydrogen-bond acceptors (Lipinski definition) is 5. The van der Waals surface area contributed by atoms with Gasteiger partial charge in [0, 0.05) is 31.8 Å². The minimum absolute atomic E-state index is 0. The van der Waals surface area contributed by atoms with Crippen LogP contribution in [0.1, 0.15) is 31.2 Å². The van der Waals surface area contributed by atoms with Crippen LogP contribution in [0.2, 0.25) is 0 Å². The Morgan fingerprint density at radius 1 is 1.26 bits per heavy atom. The van der Waals surface area contributed by atoms with Gasteiger partial charge in [-0.3, -0.25) is 14.9 Å². The number of carbonyl (C=O) groups is 1. The van der Waals surface area contributed by atoms with Crippen LogP contribution < -0.4 is 10.6 Å². The van der Waals surface area contributed by atoms with Gasteiger partial charge >= 0.3 is 0 Å². The van der Waals surface area contributed by atoms with Crippen LogP contribution in [-0.2, 0) is 11.2 Å². The predicted molar refractivity (Wildman–Crippen MR) is 107 cm³/mol. The molecule has 1 amide bonds. The first-order chi connectivity index (χ1) is 12.6. The fraction of sp³-hybridized carbons (Fsp3) is 0.632. The minimum atomic E-state index is -0.367. The summed E-state index contributed by atoms with van der Waals surface area (Å²) in [7, 11) is 0. The summed E-state index contributed by atoms with van der Waals surface area (Å²) < 4.78 is 0. The molecule has 8 heteroatoms. The Morgan fingerprint density at radius 3 is 2.70 bits per heavy atom. The van der Waals surface area contributed by atoms with Crippen molar-refractivity contribution in [1.82, 2.24) is 15.5 Å². The quantitative estimate of drug-likeness (QED) is 0.544. The van der Waals surface area contributed by atoms with E-state index in [1.165, 1.54) is 0 Å². The molecule has 0 aliphatic carbocycles. The van der Waals surface area contributed by atoms with E-state index in [1.807, 2.05) is 12.1 Å². The fourth-order valence-corrected chi connectivity index (χ4v) is 3.87. The molecular formula is C19H29ClN4O3. The van der Waals surface area contributed by atoms with E-state index in [4.69, 9.17) is 0 Å². The lowest BCUT2D eigenvalue weighted by Gasteiger charge is -2.33. The van der Waals surface area contributed by atoms with Crippen LogP contribution in [0.4, 0.5) is 5.69 Å². The number of amides is 1. The summed E-state index contributed by atoms with van der Waals surface area (Å²) in [6, 6.07) is 6.82. The molecule has 2 N–H and O–H groups in total. The van der Waals surface area contributed by atoms with E-state index < -0.39 is 0 Å². The van der Waals surface area contributed by atoms with Crippen LogP contribution >= 0.6 is 12.4 Å². The zero-order valence-electron chi connectivity index (χ0n) is 15.6. The average Bonchev–Trinajstić information content (AvgIpc) is 3.20. The minimum Gasteiger partial charge on any atom is -0.354 e. The molecule has 0 radical (unpaired) electrons. The summed E-state index contributed by atoms with van der Waals surface area (Å²) in [6.45, 7) is 4.74. The highest BCUT2D eigenvalue weighted by Gasteiger charge is 2.24. The van der Waals surface area contributed by atoms with Crippen molar-refractivity contribution in [2.24, 2.45) is 5.92 Å². The Labute approximate surface area is 166 Å². The van der Waals surface area contributed by atoms with Gasteiger partial charge in [-0.2, -0.15) is 0 Å². The Morgan fingerprint density at radius 2 is 2.04 bits per heavy atom. The first-order valence-electron chi connectivity index (χ1n) is 9.58. The lowest BCUT2D eigenvalue weighted by molar-refractivity contribution is -0.384. The van der Waals surface area contributed by atoms with Crippen molar-refractivity contribution in [3.8, 4) is 0 Å². The predicted octanol–water partition coefficient (Wildman–Crippen LogP) is 2.14. The standard InChI is InChI=1S/C19H28N4O3.ClH/c24-19(18-4-1-10-20-18)21-13-16-3-2-11-22(14-16)12-9-15-5-7-17(8-6-15)23(25)26;/h5-8,16,18,20H,1-4,9-14H2,(H,21,24);1H. The third kappa shape index (κ3) is 6.45. The smallest absolute Gasteiger partial charge is 0.269 e. The van der Waals surface area contributed by atoms with Crippen molar-refractivity contribution in [2.75, 3.05) is 32.7 Å². The second-order valence-electron chi connectivity index (χ2n) is 7.38. The summed E-state index contributed by atoms with van der Waals surface area (Å²) in [6.07, 6.45) is 5.23. The zero-order valence-corrected chi connectivity index (χ0v) is 16.4. The molecule has 0 saturated carbocycles. The molecular weight excluding hydrogens is 368 g/mol. The van der Waals surface area contributed by atoms with Gasteiger partial charge in [0.15, 0.2) is 0 Å². The van der Waals surface area contributed by atoms with Crippen molar-refractivity contribution in [3.63, 3.8) is 0 Å². The van der Waals surface area contributed by atoms with Crippen LogP contribution in [0, 0.1) is 16.0 Å². The van der Waals surface area contributed by atoms with Gasteiger partial charge in [-0.05, 0) is 56.7 Å². The van der Waals surface area contributed by atoms with Crippen LogP contribution in [0.25, 0.3) is 0 Å². The number of halogens is 1. The van der Waals surface area contributed by atoms with E-state index in [1.54, 1.807) is 12.1 Å². The van der Waals surface area contributed by atoms with Crippen molar-refractivity contribution >= 4 is 24.0 Å². The summed E-state index contributed by atoms with van der Waals surface area (Å²) in [5, 5.41) is 17.1. The fourth-order valence-electron chi connectivity index (χ4n) is 3.87. The van der Waals surface area contributed by atoms with Crippen LogP contribution in [0.15, 0.2) is 24.3 Å². The third-order valence-electron chi connectivity index (χ3n) is 5.41. The van der Waals surface area contributed by atoms with Gasteiger partial charge in [0.2, 0.25) is 5.91 Å². The number of nitro benzene ring substituents is 1. The van der Waals surface area contributed by atoms with Crippen molar-refractivity contribution in [2.45, 2.75) is 38.1 Å². The van der Waals surface area contributed by atoms with E-state index in [0.29, 0.717) is 5.92 Å². The third-order valence-corrected chi connectivity index (χ3v) is 5.41. The monoisotopic (exact) mass is 396 g/mol. The van der Waals surface area contributed by atoms with Gasteiger partial charge in [0.05, 0.1) is 11.0 Å². The van der Waals surface area contributed by atoms with E-state index in [2.05, 4.69) is 15.5 Å². The summed E-state index contributed by atoms with van der Waals surface area (Å²) in [4.78, 5) is 24.9. The second kappa shape index (κ2) is 10.6. The summed E-state index contributed by atoms with van der Waals surface area (Å²) in [5.41, 5.74) is 1.26. The van der Waals surface area contributed by atoms with Gasteiger partial charge in [0.25, 0.3) is 5.69 Å². The van der Waals surface area contributed by atoms with E-state index in [0.717, 1.165) is 70.4 Å². The Bertz CT molecular complexity index is 620. The lowest BCUT2D eigenvalue weighted by Crippen LogP contribution is -2.45. The number of benzene rings is 1. The van der Waals surface area contributed by atoms with E-state index >= 15 is 0 Å². The van der Waals surface area contributed by atoms with Gasteiger partial charge in [0.1, 0.15) is 0 Å². The number of carbonyl (C=O) groups excluding carboxylic acids is 1. The number of hydrogen-bond donors (Lipinski definition) is 2. The molecule has 0 bridgehead atoms. The highest BCUT2D eigenvalue weighted by atomic mass is 35.5. The summed E-state index contributed by atoms with van der Waals surface area (Å²) >= 11 is 0. The molecule has 0 aromatic heterocycles. The average molecular weight is 397 g/mol. The SMILES string of the molecule is Cl.O=C(NCC1CCCN(CCc2ccc([N+](=O)[O-])cc2)C1)C1CCCN1. The number of nitrogens with zero attached hydrogens (tertiary/aromatic N) is 2. The molecule has 0 spiro atoms. The molecule has 7 nitrogen and oxygen atoms in total. The van der Waals surface area contributed by atoms with Crippen molar-refractivity contribution in [1.29, 1.82) is 0 Å². The molecule has 2 unspecified atom stereocenters. The van der Waals surface area contributed by atoms with Crippen LogP contribution in [0.5, 0.6) is 0 Å². The number of piperidine rings is 1. The van der Waals surface area contributed by atoms with Crippen LogP contribution in [0.3, 0.4) is 0 Å². The zero-order chi connectivity index (χ0) is 18.4. The number of non-ortho nitro benzene ring substituents is 1. The van der Waals surface area contributed by atoms with E-state index in [-0.39, 0.29) is 35.0 Å². The molecule has 2 saturated heterocycles. The number of likely N-dealkylation sites (tertiary alicyclic amines) is 1. The normalized spacial score (nSPS) is 22.8. The Balaban J connectivity index is 0.00000261. The maximum absolute atomic E-state index is 12.1. The van der Waals surface area contributed by atoms with Gasteiger partial charge in [-0.25, -0.2) is 0 Å².